The minimum Gasteiger partial charge on any atom is -0.490 e. The first-order valence-electron chi connectivity index (χ1n) is 7.58. The average molecular weight is 340 g/mol. The van der Waals surface area contributed by atoms with Gasteiger partial charge in [-0.3, -0.25) is 0 Å². The van der Waals surface area contributed by atoms with Gasteiger partial charge in [0.1, 0.15) is 11.9 Å². The standard InChI is InChI=1S/C17H26BrNO/c1-5-8-19-15-10-13(11-17(2,3)4)20-16-9-12(18)6-7-14(15)16/h6-7,9,13,15,19H,5,8,10-11H2,1-4H3. The van der Waals surface area contributed by atoms with Crippen LogP contribution in [0.4, 0.5) is 0 Å². The van der Waals surface area contributed by atoms with Crippen LogP contribution in [0.15, 0.2) is 22.7 Å². The predicted molar refractivity (Wildman–Crippen MR) is 88.3 cm³/mol. The van der Waals surface area contributed by atoms with E-state index >= 15 is 0 Å². The van der Waals surface area contributed by atoms with Crippen molar-refractivity contribution in [1.29, 1.82) is 0 Å². The zero-order valence-electron chi connectivity index (χ0n) is 13.0. The largest absolute Gasteiger partial charge is 0.490 e. The second-order valence-corrected chi connectivity index (χ2v) is 7.84. The van der Waals surface area contributed by atoms with Crippen molar-refractivity contribution in [2.45, 2.75) is 59.1 Å². The van der Waals surface area contributed by atoms with Crippen LogP contribution < -0.4 is 10.1 Å². The van der Waals surface area contributed by atoms with E-state index in [0.717, 1.165) is 36.0 Å². The molecule has 0 spiro atoms. The predicted octanol–water partition coefficient (Wildman–Crippen LogP) is 5.08. The summed E-state index contributed by atoms with van der Waals surface area (Å²) < 4.78 is 7.31. The molecule has 1 N–H and O–H groups in total. The molecule has 1 aliphatic heterocycles. The molecular formula is C17H26BrNO. The summed E-state index contributed by atoms with van der Waals surface area (Å²) in [5.74, 6) is 1.04. The van der Waals surface area contributed by atoms with E-state index < -0.39 is 0 Å². The zero-order chi connectivity index (χ0) is 14.8. The Bertz CT molecular complexity index is 453. The van der Waals surface area contributed by atoms with Gasteiger partial charge in [0, 0.05) is 22.5 Å². The normalized spacial score (nSPS) is 22.2. The molecule has 0 aliphatic carbocycles. The summed E-state index contributed by atoms with van der Waals surface area (Å²) in [7, 11) is 0. The van der Waals surface area contributed by atoms with E-state index in [1.165, 1.54) is 5.56 Å². The zero-order valence-corrected chi connectivity index (χ0v) is 14.6. The molecule has 0 saturated carbocycles. The lowest BCUT2D eigenvalue weighted by Gasteiger charge is -2.36. The van der Waals surface area contributed by atoms with Gasteiger partial charge in [-0.15, -0.1) is 0 Å². The third-order valence-corrected chi connectivity index (χ3v) is 4.12. The Hall–Kier alpha value is -0.540. The van der Waals surface area contributed by atoms with E-state index in [2.05, 4.69) is 67.1 Å². The van der Waals surface area contributed by atoms with Crippen LogP contribution in [-0.4, -0.2) is 12.6 Å². The highest BCUT2D eigenvalue weighted by Crippen LogP contribution is 2.39. The molecule has 112 valence electrons. The molecule has 2 unspecified atom stereocenters. The Morgan fingerprint density at radius 3 is 2.75 bits per heavy atom. The molecule has 0 radical (unpaired) electrons. The molecule has 1 heterocycles. The number of benzene rings is 1. The number of halogens is 1. The fourth-order valence-electron chi connectivity index (χ4n) is 2.84. The number of ether oxygens (including phenoxy) is 1. The molecule has 2 atom stereocenters. The fourth-order valence-corrected chi connectivity index (χ4v) is 3.18. The number of hydrogen-bond donors (Lipinski definition) is 1. The SMILES string of the molecule is CCCNC1CC(CC(C)(C)C)Oc2cc(Br)ccc21. The summed E-state index contributed by atoms with van der Waals surface area (Å²) >= 11 is 3.54. The first-order chi connectivity index (χ1) is 9.39. The van der Waals surface area contributed by atoms with Gasteiger partial charge in [-0.25, -0.2) is 0 Å². The third-order valence-electron chi connectivity index (χ3n) is 3.62. The van der Waals surface area contributed by atoms with Crippen LogP contribution in [0.3, 0.4) is 0 Å². The first-order valence-corrected chi connectivity index (χ1v) is 8.38. The second-order valence-electron chi connectivity index (χ2n) is 6.93. The number of rotatable bonds is 4. The highest BCUT2D eigenvalue weighted by atomic mass is 79.9. The van der Waals surface area contributed by atoms with Gasteiger partial charge in [-0.2, -0.15) is 0 Å². The lowest BCUT2D eigenvalue weighted by atomic mass is 9.85. The Labute approximate surface area is 131 Å². The number of hydrogen-bond acceptors (Lipinski definition) is 2. The average Bonchev–Trinajstić information content (AvgIpc) is 2.33. The third kappa shape index (κ3) is 4.23. The molecule has 0 saturated heterocycles. The second kappa shape index (κ2) is 6.48. The van der Waals surface area contributed by atoms with Crippen LogP contribution in [0, 0.1) is 5.41 Å². The molecule has 0 aromatic heterocycles. The highest BCUT2D eigenvalue weighted by Gasteiger charge is 2.30. The topological polar surface area (TPSA) is 21.3 Å². The van der Waals surface area contributed by atoms with Crippen LogP contribution in [-0.2, 0) is 0 Å². The van der Waals surface area contributed by atoms with Crippen molar-refractivity contribution in [3.8, 4) is 5.75 Å². The quantitative estimate of drug-likeness (QED) is 0.825. The highest BCUT2D eigenvalue weighted by molar-refractivity contribution is 9.10. The van der Waals surface area contributed by atoms with Crippen molar-refractivity contribution >= 4 is 15.9 Å². The fraction of sp³-hybridized carbons (Fsp3) is 0.647. The van der Waals surface area contributed by atoms with Gasteiger partial charge in [-0.1, -0.05) is 49.7 Å². The van der Waals surface area contributed by atoms with Crippen molar-refractivity contribution in [1.82, 2.24) is 5.32 Å². The first kappa shape index (κ1) is 15.8. The maximum Gasteiger partial charge on any atom is 0.125 e. The summed E-state index contributed by atoms with van der Waals surface area (Å²) in [6, 6.07) is 6.80. The van der Waals surface area contributed by atoms with E-state index in [1.54, 1.807) is 0 Å². The van der Waals surface area contributed by atoms with E-state index in [9.17, 15) is 0 Å². The smallest absolute Gasteiger partial charge is 0.125 e. The van der Waals surface area contributed by atoms with Crippen molar-refractivity contribution in [3.63, 3.8) is 0 Å². The Morgan fingerprint density at radius 1 is 1.35 bits per heavy atom. The molecule has 0 bridgehead atoms. The molecule has 0 amide bonds. The van der Waals surface area contributed by atoms with Crippen LogP contribution in [0.5, 0.6) is 5.75 Å². The molecule has 1 aliphatic rings. The summed E-state index contributed by atoms with van der Waals surface area (Å²) in [5.41, 5.74) is 1.59. The van der Waals surface area contributed by atoms with Crippen LogP contribution in [0.1, 0.15) is 58.6 Å². The molecule has 2 nitrogen and oxygen atoms in total. The van der Waals surface area contributed by atoms with Crippen LogP contribution in [0.25, 0.3) is 0 Å². The summed E-state index contributed by atoms with van der Waals surface area (Å²) in [6.45, 7) is 10.1. The van der Waals surface area contributed by atoms with E-state index in [1.807, 2.05) is 0 Å². The number of nitrogens with one attached hydrogen (secondary N) is 1. The minimum absolute atomic E-state index is 0.295. The minimum atomic E-state index is 0.295. The van der Waals surface area contributed by atoms with Gasteiger partial charge in [-0.05, 0) is 36.9 Å². The van der Waals surface area contributed by atoms with Crippen molar-refractivity contribution < 1.29 is 4.74 Å². The van der Waals surface area contributed by atoms with Crippen molar-refractivity contribution in [3.05, 3.63) is 28.2 Å². The van der Waals surface area contributed by atoms with Gasteiger partial charge < -0.3 is 10.1 Å². The van der Waals surface area contributed by atoms with Crippen LogP contribution in [0.2, 0.25) is 0 Å². The Morgan fingerprint density at radius 2 is 2.10 bits per heavy atom. The maximum absolute atomic E-state index is 6.23. The molecular weight excluding hydrogens is 314 g/mol. The van der Waals surface area contributed by atoms with Gasteiger partial charge in [0.15, 0.2) is 0 Å². The molecule has 1 aromatic rings. The van der Waals surface area contributed by atoms with Crippen LogP contribution >= 0.6 is 15.9 Å². The van der Waals surface area contributed by atoms with Crippen molar-refractivity contribution in [2.24, 2.45) is 5.41 Å². The lowest BCUT2D eigenvalue weighted by molar-refractivity contribution is 0.105. The van der Waals surface area contributed by atoms with Gasteiger partial charge >= 0.3 is 0 Å². The lowest BCUT2D eigenvalue weighted by Crippen LogP contribution is -2.35. The number of fused-ring (bicyclic) bond motifs is 1. The van der Waals surface area contributed by atoms with Crippen molar-refractivity contribution in [2.75, 3.05) is 6.54 Å². The molecule has 3 heteroatoms. The molecule has 20 heavy (non-hydrogen) atoms. The monoisotopic (exact) mass is 339 g/mol. The maximum atomic E-state index is 6.23. The van der Waals surface area contributed by atoms with E-state index in [-0.39, 0.29) is 0 Å². The summed E-state index contributed by atoms with van der Waals surface area (Å²) in [5, 5.41) is 3.67. The summed E-state index contributed by atoms with van der Waals surface area (Å²) in [6.07, 6.45) is 3.61. The van der Waals surface area contributed by atoms with E-state index in [0.29, 0.717) is 17.6 Å². The Balaban J connectivity index is 2.20. The molecule has 0 fully saturated rings. The summed E-state index contributed by atoms with van der Waals surface area (Å²) in [4.78, 5) is 0. The van der Waals surface area contributed by atoms with Gasteiger partial charge in [0.2, 0.25) is 0 Å². The van der Waals surface area contributed by atoms with Gasteiger partial charge in [0.25, 0.3) is 0 Å². The van der Waals surface area contributed by atoms with E-state index in [4.69, 9.17) is 4.74 Å². The Kier molecular flexibility index (Phi) is 5.14. The van der Waals surface area contributed by atoms with Gasteiger partial charge in [0.05, 0.1) is 0 Å². The molecule has 2 rings (SSSR count). The molecule has 1 aromatic carbocycles.